The van der Waals surface area contributed by atoms with Gasteiger partial charge in [0.2, 0.25) is 5.75 Å². The van der Waals surface area contributed by atoms with Crippen LogP contribution in [0.5, 0.6) is 28.7 Å². The second-order valence-electron chi connectivity index (χ2n) is 12.8. The maximum atomic E-state index is 13.6. The first-order valence-corrected chi connectivity index (χ1v) is 16.9. The summed E-state index contributed by atoms with van der Waals surface area (Å²) in [5.74, 6) is -1.45. The molecule has 2 N–H and O–H groups in total. The van der Waals surface area contributed by atoms with Gasteiger partial charge in [-0.05, 0) is 55.3 Å². The number of hydrogen-bond acceptors (Lipinski definition) is 14. The Labute approximate surface area is 309 Å². The Bertz CT molecular complexity index is 2070. The van der Waals surface area contributed by atoms with Crippen molar-refractivity contribution >= 4 is 18.0 Å². The molecule has 2 aliphatic heterocycles. The molecule has 1 saturated heterocycles. The molecule has 3 aliphatic rings. The van der Waals surface area contributed by atoms with E-state index in [2.05, 4.69) is 10.3 Å². The largest absolute Gasteiger partial charge is 0.493 e. The van der Waals surface area contributed by atoms with Gasteiger partial charge in [0.05, 0.1) is 48.1 Å². The van der Waals surface area contributed by atoms with Crippen molar-refractivity contribution in [1.82, 2.24) is 14.9 Å². The van der Waals surface area contributed by atoms with Gasteiger partial charge in [-0.15, -0.1) is 0 Å². The molecule has 17 nitrogen and oxygen atoms in total. The summed E-state index contributed by atoms with van der Waals surface area (Å²) in [7, 11) is 7.44. The summed E-state index contributed by atoms with van der Waals surface area (Å²) in [5, 5.41) is 2.47. The number of alkyl carbamates (subject to hydrolysis) is 1. The molecule has 0 unspecified atom stereocenters. The summed E-state index contributed by atoms with van der Waals surface area (Å²) in [4.78, 5) is 66.1. The molecule has 288 valence electrons. The van der Waals surface area contributed by atoms with E-state index in [0.717, 1.165) is 0 Å². The van der Waals surface area contributed by atoms with Crippen LogP contribution in [0.3, 0.4) is 0 Å². The van der Waals surface area contributed by atoms with Crippen molar-refractivity contribution < 1.29 is 57.0 Å². The molecular formula is C37H41N3O14. The van der Waals surface area contributed by atoms with Crippen LogP contribution in [-0.2, 0) is 28.5 Å². The standard InChI is InChI=1S/C37H41N3O14/c1-17-14-40(36(44)39-33(17)41)28-9-8-20(53-28)15-52-37(45)38-18(2)34(42)54-31-22-13-25(47-4)24(46-3)12-21(22)29(30-23(31)16-51-35(30)43)19-10-26(48-5)32(50-7)27(11-19)49-6/h8-14,18,20,23,28-31H,15-16H2,1-7H3,(H,38,45)(H,39,41,44)/t18-,20-,23-,28+,29+,30-,31+/m0/s1. The summed E-state index contributed by atoms with van der Waals surface area (Å²) in [5.41, 5.74) is 0.986. The van der Waals surface area contributed by atoms with Crippen LogP contribution in [0.1, 0.15) is 47.4 Å². The number of fused-ring (bicyclic) bond motifs is 2. The molecule has 0 bridgehead atoms. The van der Waals surface area contributed by atoms with Crippen molar-refractivity contribution in [3.63, 3.8) is 0 Å². The molecule has 3 heterocycles. The highest BCUT2D eigenvalue weighted by Gasteiger charge is 2.54. The lowest BCUT2D eigenvalue weighted by Gasteiger charge is -2.39. The zero-order chi connectivity index (χ0) is 38.8. The van der Waals surface area contributed by atoms with Gasteiger partial charge >= 0.3 is 23.7 Å². The number of hydrogen-bond donors (Lipinski definition) is 2. The monoisotopic (exact) mass is 751 g/mol. The lowest BCUT2D eigenvalue weighted by molar-refractivity contribution is -0.156. The van der Waals surface area contributed by atoms with Crippen LogP contribution in [0.2, 0.25) is 0 Å². The highest BCUT2D eigenvalue weighted by Crippen LogP contribution is 2.56. The number of nitrogens with one attached hydrogen (secondary N) is 2. The maximum Gasteiger partial charge on any atom is 0.407 e. The van der Waals surface area contributed by atoms with E-state index >= 15 is 0 Å². The van der Waals surface area contributed by atoms with E-state index in [0.29, 0.717) is 51.0 Å². The third kappa shape index (κ3) is 7.05. The minimum Gasteiger partial charge on any atom is -0.493 e. The Balaban J connectivity index is 1.21. The fourth-order valence-corrected chi connectivity index (χ4v) is 7.06. The smallest absolute Gasteiger partial charge is 0.407 e. The molecule has 1 fully saturated rings. The van der Waals surface area contributed by atoms with E-state index in [1.807, 2.05) is 0 Å². The van der Waals surface area contributed by atoms with Gasteiger partial charge in [0.1, 0.15) is 24.9 Å². The van der Waals surface area contributed by atoms with Crippen molar-refractivity contribution in [2.45, 2.75) is 44.2 Å². The zero-order valence-corrected chi connectivity index (χ0v) is 30.7. The van der Waals surface area contributed by atoms with E-state index in [1.165, 1.54) is 53.2 Å². The quantitative estimate of drug-likeness (QED) is 0.155. The topological polar surface area (TPSA) is 201 Å². The number of aromatic nitrogens is 2. The SMILES string of the molecule is COc1cc2c(cc1OC)[C@@H](OC(=O)[C@H](C)NC(=O)OC[C@@H]1C=C[C@H](n3cc(C)c(=O)[nH]c3=O)O1)[C@H]1COC(=O)[C@@H]1[C@@H]2c1cc(OC)c(OC)c(OC)c1. The number of carbonyl (C=O) groups is 3. The number of esters is 2. The van der Waals surface area contributed by atoms with E-state index in [1.54, 1.807) is 43.3 Å². The summed E-state index contributed by atoms with van der Waals surface area (Å²) < 4.78 is 52.0. The molecule has 1 amide bonds. The van der Waals surface area contributed by atoms with Crippen LogP contribution in [0.4, 0.5) is 4.79 Å². The fraction of sp³-hybridized carbons (Fsp3) is 0.432. The molecule has 0 radical (unpaired) electrons. The Hall–Kier alpha value is -5.97. The third-order valence-electron chi connectivity index (χ3n) is 9.71. The Morgan fingerprint density at radius 2 is 1.56 bits per heavy atom. The number of aromatic amines is 1. The molecule has 7 atom stereocenters. The third-order valence-corrected chi connectivity index (χ3v) is 9.71. The van der Waals surface area contributed by atoms with Crippen LogP contribution in [-0.4, -0.2) is 88.5 Å². The van der Waals surface area contributed by atoms with Crippen LogP contribution < -0.4 is 40.3 Å². The summed E-state index contributed by atoms with van der Waals surface area (Å²) in [6, 6.07) is 5.78. The molecule has 0 spiro atoms. The molecule has 3 aromatic rings. The Morgan fingerprint density at radius 1 is 0.907 bits per heavy atom. The minimum absolute atomic E-state index is 0.0410. The van der Waals surface area contributed by atoms with Crippen molar-refractivity contribution in [3.05, 3.63) is 85.7 Å². The Kier molecular flexibility index (Phi) is 10.9. The van der Waals surface area contributed by atoms with E-state index in [4.69, 9.17) is 42.6 Å². The average molecular weight is 752 g/mol. The lowest BCUT2D eigenvalue weighted by Crippen LogP contribution is -2.43. The van der Waals surface area contributed by atoms with Crippen LogP contribution in [0, 0.1) is 18.8 Å². The number of amides is 1. The highest BCUT2D eigenvalue weighted by atomic mass is 16.6. The molecule has 17 heteroatoms. The number of ether oxygens (including phenoxy) is 9. The van der Waals surface area contributed by atoms with Crippen molar-refractivity contribution in [2.24, 2.45) is 11.8 Å². The van der Waals surface area contributed by atoms with Crippen molar-refractivity contribution in [3.8, 4) is 28.7 Å². The lowest BCUT2D eigenvalue weighted by atomic mass is 9.66. The van der Waals surface area contributed by atoms with E-state index in [-0.39, 0.29) is 13.2 Å². The molecule has 54 heavy (non-hydrogen) atoms. The summed E-state index contributed by atoms with van der Waals surface area (Å²) in [6.07, 6.45) is 1.14. The molecular weight excluding hydrogens is 710 g/mol. The molecule has 0 saturated carbocycles. The van der Waals surface area contributed by atoms with Crippen LogP contribution >= 0.6 is 0 Å². The first-order valence-electron chi connectivity index (χ1n) is 16.9. The number of cyclic esters (lactones) is 1. The van der Waals surface area contributed by atoms with Gasteiger partial charge in [-0.2, -0.15) is 0 Å². The minimum atomic E-state index is -1.18. The number of rotatable bonds is 12. The average Bonchev–Trinajstić information content (AvgIpc) is 3.80. The molecule has 6 rings (SSSR count). The first-order chi connectivity index (χ1) is 25.9. The second kappa shape index (κ2) is 15.6. The van der Waals surface area contributed by atoms with Gasteiger partial charge in [-0.3, -0.25) is 19.1 Å². The molecule has 2 aromatic carbocycles. The van der Waals surface area contributed by atoms with Crippen LogP contribution in [0.25, 0.3) is 0 Å². The van der Waals surface area contributed by atoms with Gasteiger partial charge in [0, 0.05) is 29.2 Å². The van der Waals surface area contributed by atoms with Gasteiger partial charge < -0.3 is 47.9 Å². The zero-order valence-electron chi connectivity index (χ0n) is 30.7. The maximum absolute atomic E-state index is 13.6. The van der Waals surface area contributed by atoms with E-state index in [9.17, 15) is 24.0 Å². The number of carbonyl (C=O) groups excluding carboxylic acids is 3. The second-order valence-corrected chi connectivity index (χ2v) is 12.8. The number of benzene rings is 2. The first kappa shape index (κ1) is 37.8. The molecule has 1 aromatic heterocycles. The summed E-state index contributed by atoms with van der Waals surface area (Å²) >= 11 is 0. The highest BCUT2D eigenvalue weighted by molar-refractivity contribution is 5.82. The number of nitrogens with zero attached hydrogens (tertiary/aromatic N) is 1. The van der Waals surface area contributed by atoms with Gasteiger partial charge in [-0.1, -0.05) is 6.08 Å². The van der Waals surface area contributed by atoms with Gasteiger partial charge in [-0.25, -0.2) is 14.4 Å². The number of H-pyrrole nitrogens is 1. The van der Waals surface area contributed by atoms with Crippen molar-refractivity contribution in [2.75, 3.05) is 48.8 Å². The number of aryl methyl sites for hydroxylation is 1. The van der Waals surface area contributed by atoms with Crippen molar-refractivity contribution in [1.29, 1.82) is 0 Å². The fourth-order valence-electron chi connectivity index (χ4n) is 7.06. The van der Waals surface area contributed by atoms with Crippen LogP contribution in [0.15, 0.2) is 52.2 Å². The van der Waals surface area contributed by atoms with Gasteiger partial charge in [0.25, 0.3) is 5.56 Å². The summed E-state index contributed by atoms with van der Waals surface area (Å²) in [6.45, 7) is 2.71. The molecule has 1 aliphatic carbocycles. The normalized spacial score (nSPS) is 23.0. The predicted molar refractivity (Wildman–Crippen MR) is 187 cm³/mol. The predicted octanol–water partition coefficient (Wildman–Crippen LogP) is 2.68. The van der Waals surface area contributed by atoms with E-state index < -0.39 is 71.5 Å². The number of methoxy groups -OCH3 is 5. The Morgan fingerprint density at radius 3 is 2.19 bits per heavy atom. The van der Waals surface area contributed by atoms with Gasteiger partial charge in [0.15, 0.2) is 29.2 Å².